The van der Waals surface area contributed by atoms with Crippen molar-refractivity contribution in [1.82, 2.24) is 10.3 Å². The Kier molecular flexibility index (Phi) is 5.22. The molecule has 1 aromatic carbocycles. The van der Waals surface area contributed by atoms with Crippen LogP contribution in [-0.4, -0.2) is 11.5 Å². The first-order chi connectivity index (χ1) is 9.11. The lowest BCUT2D eigenvalue weighted by Crippen LogP contribution is -2.22. The van der Waals surface area contributed by atoms with Gasteiger partial charge in [0.15, 0.2) is 0 Å². The van der Waals surface area contributed by atoms with Gasteiger partial charge >= 0.3 is 0 Å². The van der Waals surface area contributed by atoms with Crippen molar-refractivity contribution in [2.45, 2.75) is 26.3 Å². The lowest BCUT2D eigenvalue weighted by molar-refractivity contribution is 0.555. The van der Waals surface area contributed by atoms with Crippen molar-refractivity contribution in [1.29, 1.82) is 0 Å². The van der Waals surface area contributed by atoms with Crippen molar-refractivity contribution < 1.29 is 0 Å². The fraction of sp³-hybridized carbons (Fsp3) is 0.357. The van der Waals surface area contributed by atoms with Crippen LogP contribution < -0.4 is 5.32 Å². The smallest absolute Gasteiger partial charge is 0.0798 e. The molecule has 1 N–H and O–H groups in total. The molecule has 0 amide bonds. The van der Waals surface area contributed by atoms with Gasteiger partial charge in [-0.05, 0) is 37.6 Å². The molecule has 0 aliphatic heterocycles. The maximum atomic E-state index is 6.07. The van der Waals surface area contributed by atoms with Gasteiger partial charge < -0.3 is 5.32 Å². The van der Waals surface area contributed by atoms with Crippen LogP contribution in [0, 0.1) is 6.92 Å². The number of hydrogen-bond donors (Lipinski definition) is 1. The Labute approximate surface area is 127 Å². The van der Waals surface area contributed by atoms with Gasteiger partial charge in [-0.15, -0.1) is 11.3 Å². The molecule has 0 saturated carbocycles. The molecule has 0 radical (unpaired) electrons. The second-order valence-electron chi connectivity index (χ2n) is 4.36. The standard InChI is InChI=1S/C14H16Cl2N2S/c1-3-17-13(14-9(2)18-8-19-14)7-10-4-5-11(15)12(16)6-10/h4-6,8,13,17H,3,7H2,1-2H3. The Hall–Kier alpha value is -0.610. The molecule has 1 heterocycles. The summed E-state index contributed by atoms with van der Waals surface area (Å²) >= 11 is 13.7. The molecule has 0 bridgehead atoms. The highest BCUT2D eigenvalue weighted by molar-refractivity contribution is 7.09. The summed E-state index contributed by atoms with van der Waals surface area (Å²) in [5, 5.41) is 4.71. The Balaban J connectivity index is 2.21. The highest BCUT2D eigenvalue weighted by atomic mass is 35.5. The highest BCUT2D eigenvalue weighted by Gasteiger charge is 2.16. The van der Waals surface area contributed by atoms with Gasteiger partial charge in [-0.2, -0.15) is 0 Å². The Morgan fingerprint density at radius 2 is 2.11 bits per heavy atom. The summed E-state index contributed by atoms with van der Waals surface area (Å²) in [4.78, 5) is 5.61. The van der Waals surface area contributed by atoms with E-state index < -0.39 is 0 Å². The number of aromatic nitrogens is 1. The lowest BCUT2D eigenvalue weighted by atomic mass is 10.0. The minimum atomic E-state index is 0.273. The molecule has 2 aromatic rings. The summed E-state index contributed by atoms with van der Waals surface area (Å²) in [7, 11) is 0. The number of aryl methyl sites for hydroxylation is 1. The van der Waals surface area contributed by atoms with Gasteiger partial charge in [0.1, 0.15) is 0 Å². The van der Waals surface area contributed by atoms with Crippen LogP contribution in [0.2, 0.25) is 10.0 Å². The highest BCUT2D eigenvalue weighted by Crippen LogP contribution is 2.28. The summed E-state index contributed by atoms with van der Waals surface area (Å²) in [5.74, 6) is 0. The van der Waals surface area contributed by atoms with Gasteiger partial charge in [-0.3, -0.25) is 0 Å². The van der Waals surface area contributed by atoms with Crippen LogP contribution in [0.3, 0.4) is 0 Å². The minimum absolute atomic E-state index is 0.273. The van der Waals surface area contributed by atoms with E-state index in [9.17, 15) is 0 Å². The van der Waals surface area contributed by atoms with E-state index in [1.54, 1.807) is 11.3 Å². The molecular formula is C14H16Cl2N2S. The Bertz CT molecular complexity index is 554. The zero-order valence-electron chi connectivity index (χ0n) is 10.9. The molecule has 1 unspecified atom stereocenters. The predicted molar refractivity (Wildman–Crippen MR) is 83.4 cm³/mol. The van der Waals surface area contributed by atoms with Gasteiger partial charge in [0.2, 0.25) is 0 Å². The monoisotopic (exact) mass is 314 g/mol. The number of hydrogen-bond acceptors (Lipinski definition) is 3. The van der Waals surface area contributed by atoms with Crippen LogP contribution in [0.25, 0.3) is 0 Å². The van der Waals surface area contributed by atoms with Crippen LogP contribution in [0.1, 0.15) is 29.1 Å². The van der Waals surface area contributed by atoms with E-state index in [0.29, 0.717) is 10.0 Å². The topological polar surface area (TPSA) is 24.9 Å². The Morgan fingerprint density at radius 1 is 1.32 bits per heavy atom. The van der Waals surface area contributed by atoms with Crippen molar-refractivity contribution in [3.05, 3.63) is 49.9 Å². The van der Waals surface area contributed by atoms with E-state index in [-0.39, 0.29) is 6.04 Å². The number of nitrogens with zero attached hydrogens (tertiary/aromatic N) is 1. The largest absolute Gasteiger partial charge is 0.309 e. The first-order valence-electron chi connectivity index (χ1n) is 6.19. The van der Waals surface area contributed by atoms with Crippen LogP contribution >= 0.6 is 34.5 Å². The normalized spacial score (nSPS) is 12.6. The number of nitrogens with one attached hydrogen (secondary N) is 1. The molecule has 0 aliphatic carbocycles. The molecule has 0 saturated heterocycles. The second kappa shape index (κ2) is 6.71. The van der Waals surface area contributed by atoms with E-state index in [1.165, 1.54) is 10.4 Å². The van der Waals surface area contributed by atoms with Crippen LogP contribution in [0.15, 0.2) is 23.7 Å². The molecule has 2 rings (SSSR count). The van der Waals surface area contributed by atoms with E-state index >= 15 is 0 Å². The second-order valence-corrected chi connectivity index (χ2v) is 6.07. The lowest BCUT2D eigenvalue weighted by Gasteiger charge is -2.17. The first kappa shape index (κ1) is 14.8. The number of benzene rings is 1. The van der Waals surface area contributed by atoms with E-state index in [0.717, 1.165) is 18.7 Å². The quantitative estimate of drug-likeness (QED) is 0.868. The minimum Gasteiger partial charge on any atom is -0.309 e. The van der Waals surface area contributed by atoms with Crippen LogP contribution in [0.5, 0.6) is 0 Å². The Morgan fingerprint density at radius 3 is 2.68 bits per heavy atom. The molecule has 0 fully saturated rings. The number of rotatable bonds is 5. The van der Waals surface area contributed by atoms with Gasteiger partial charge in [0.25, 0.3) is 0 Å². The summed E-state index contributed by atoms with van der Waals surface area (Å²) in [6, 6.07) is 6.08. The van der Waals surface area contributed by atoms with Crippen LogP contribution in [0.4, 0.5) is 0 Å². The number of thiazole rings is 1. The molecule has 1 aromatic heterocycles. The molecule has 1 atom stereocenters. The average Bonchev–Trinajstić information content (AvgIpc) is 2.79. The molecular weight excluding hydrogens is 299 g/mol. The third kappa shape index (κ3) is 3.69. The molecule has 19 heavy (non-hydrogen) atoms. The summed E-state index contributed by atoms with van der Waals surface area (Å²) < 4.78 is 0. The van der Waals surface area contributed by atoms with E-state index in [4.69, 9.17) is 23.2 Å². The zero-order chi connectivity index (χ0) is 13.8. The van der Waals surface area contributed by atoms with Crippen LogP contribution in [-0.2, 0) is 6.42 Å². The van der Waals surface area contributed by atoms with Crippen molar-refractivity contribution >= 4 is 34.5 Å². The molecule has 0 spiro atoms. The molecule has 102 valence electrons. The van der Waals surface area contributed by atoms with Gasteiger partial charge in [0.05, 0.1) is 21.2 Å². The number of halogens is 2. The van der Waals surface area contributed by atoms with Gasteiger partial charge in [0, 0.05) is 10.9 Å². The maximum absolute atomic E-state index is 6.07. The SMILES string of the molecule is CCNC(Cc1ccc(Cl)c(Cl)c1)c1scnc1C. The van der Waals surface area contributed by atoms with Crippen molar-refractivity contribution in [2.24, 2.45) is 0 Å². The van der Waals surface area contributed by atoms with E-state index in [1.807, 2.05) is 30.6 Å². The molecule has 2 nitrogen and oxygen atoms in total. The fourth-order valence-corrected chi connectivity index (χ4v) is 3.25. The van der Waals surface area contributed by atoms with Crippen molar-refractivity contribution in [3.63, 3.8) is 0 Å². The number of likely N-dealkylation sites (N-methyl/N-ethyl adjacent to an activating group) is 1. The average molecular weight is 315 g/mol. The zero-order valence-corrected chi connectivity index (χ0v) is 13.2. The van der Waals surface area contributed by atoms with Gasteiger partial charge in [-0.1, -0.05) is 36.2 Å². The predicted octanol–water partition coefficient (Wildman–Crippen LogP) is 4.65. The summed E-state index contributed by atoms with van der Waals surface area (Å²) in [5.41, 5.74) is 4.16. The molecule has 5 heteroatoms. The first-order valence-corrected chi connectivity index (χ1v) is 7.82. The van der Waals surface area contributed by atoms with E-state index in [2.05, 4.69) is 17.2 Å². The summed E-state index contributed by atoms with van der Waals surface area (Å²) in [6.45, 7) is 5.08. The fourth-order valence-electron chi connectivity index (χ4n) is 2.05. The summed E-state index contributed by atoms with van der Waals surface area (Å²) in [6.07, 6.45) is 0.883. The maximum Gasteiger partial charge on any atom is 0.0798 e. The van der Waals surface area contributed by atoms with Gasteiger partial charge in [-0.25, -0.2) is 4.98 Å². The third-order valence-corrected chi connectivity index (χ3v) is 4.76. The molecule has 0 aliphatic rings. The van der Waals surface area contributed by atoms with Crippen molar-refractivity contribution in [3.8, 4) is 0 Å². The third-order valence-electron chi connectivity index (χ3n) is 2.97. The van der Waals surface area contributed by atoms with Crippen molar-refractivity contribution in [2.75, 3.05) is 6.54 Å².